The number of carbonyl (C=O) groups excluding carboxylic acids is 1. The molecule has 0 atom stereocenters. The summed E-state index contributed by atoms with van der Waals surface area (Å²) >= 11 is 0. The van der Waals surface area contributed by atoms with Gasteiger partial charge in [-0.2, -0.15) is 5.10 Å². The van der Waals surface area contributed by atoms with Gasteiger partial charge in [0.05, 0.1) is 17.1 Å². The van der Waals surface area contributed by atoms with E-state index in [4.69, 9.17) is 0 Å². The van der Waals surface area contributed by atoms with E-state index in [1.807, 2.05) is 0 Å². The molecule has 0 aliphatic carbocycles. The maximum absolute atomic E-state index is 11.4. The molecule has 0 unspecified atom stereocenters. The van der Waals surface area contributed by atoms with E-state index in [-0.39, 0.29) is 0 Å². The van der Waals surface area contributed by atoms with E-state index in [1.54, 1.807) is 13.8 Å². The lowest BCUT2D eigenvalue weighted by Crippen LogP contribution is -2.36. The van der Waals surface area contributed by atoms with Crippen molar-refractivity contribution in [1.82, 2.24) is 10.2 Å². The molecule has 5 heteroatoms. The van der Waals surface area contributed by atoms with Crippen molar-refractivity contribution < 1.29 is 9.90 Å². The van der Waals surface area contributed by atoms with Gasteiger partial charge in [0.25, 0.3) is 5.91 Å². The fraction of sp³-hybridized carbons (Fsp3) is 0.556. The number of aromatic nitrogens is 2. The smallest absolute Gasteiger partial charge is 0.255 e. The Balaban J connectivity index is 2.85. The average Bonchev–Trinajstić information content (AvgIpc) is 2.34. The van der Waals surface area contributed by atoms with Gasteiger partial charge in [-0.05, 0) is 27.7 Å². The number of rotatable bonds is 2. The van der Waals surface area contributed by atoms with Crippen molar-refractivity contribution in [1.29, 1.82) is 0 Å². The van der Waals surface area contributed by atoms with Gasteiger partial charge in [-0.15, -0.1) is 0 Å². The van der Waals surface area contributed by atoms with Gasteiger partial charge in [0.1, 0.15) is 5.60 Å². The quantitative estimate of drug-likeness (QED) is 0.654. The van der Waals surface area contributed by atoms with Crippen LogP contribution in [-0.4, -0.2) is 26.8 Å². The number of nitrogens with one attached hydrogen (secondary N) is 2. The molecule has 3 N–H and O–H groups in total. The molecule has 0 aromatic carbocycles. The molecule has 1 rings (SSSR count). The Kier molecular flexibility index (Phi) is 2.62. The van der Waals surface area contributed by atoms with Crippen LogP contribution in [-0.2, 0) is 4.79 Å². The van der Waals surface area contributed by atoms with Crippen LogP contribution in [0.25, 0.3) is 0 Å². The van der Waals surface area contributed by atoms with Gasteiger partial charge in [-0.25, -0.2) is 0 Å². The first-order valence-electron chi connectivity index (χ1n) is 4.37. The van der Waals surface area contributed by atoms with E-state index in [1.165, 1.54) is 13.8 Å². The topological polar surface area (TPSA) is 78.0 Å². The molecular formula is C9H15N3O2. The number of anilines is 1. The molecule has 0 spiro atoms. The summed E-state index contributed by atoms with van der Waals surface area (Å²) in [6.45, 7) is 6.46. The summed E-state index contributed by atoms with van der Waals surface area (Å²) in [4.78, 5) is 11.4. The van der Waals surface area contributed by atoms with Crippen LogP contribution in [0.15, 0.2) is 0 Å². The molecule has 0 fully saturated rings. The highest BCUT2D eigenvalue weighted by molar-refractivity contribution is 5.97. The van der Waals surface area contributed by atoms with Gasteiger partial charge < -0.3 is 10.4 Å². The van der Waals surface area contributed by atoms with Crippen LogP contribution in [0.3, 0.4) is 0 Å². The molecule has 5 nitrogen and oxygen atoms in total. The number of H-pyrrole nitrogens is 1. The maximum Gasteiger partial charge on any atom is 0.255 e. The maximum atomic E-state index is 11.4. The van der Waals surface area contributed by atoms with Crippen molar-refractivity contribution in [3.63, 3.8) is 0 Å². The number of aromatic amines is 1. The molecule has 0 saturated heterocycles. The molecule has 0 aliphatic heterocycles. The molecule has 1 amide bonds. The van der Waals surface area contributed by atoms with E-state index in [2.05, 4.69) is 15.5 Å². The van der Waals surface area contributed by atoms with Crippen molar-refractivity contribution in [3.05, 3.63) is 11.4 Å². The fourth-order valence-corrected chi connectivity index (χ4v) is 1.00. The highest BCUT2D eigenvalue weighted by Crippen LogP contribution is 2.17. The zero-order chi connectivity index (χ0) is 10.9. The number of aryl methyl sites for hydroxylation is 2. The minimum atomic E-state index is -1.38. The van der Waals surface area contributed by atoms with Gasteiger partial charge in [-0.3, -0.25) is 9.89 Å². The Morgan fingerprint density at radius 2 is 2.07 bits per heavy atom. The molecular weight excluding hydrogens is 182 g/mol. The summed E-state index contributed by atoms with van der Waals surface area (Å²) in [5.74, 6) is -0.440. The molecule has 0 radical (unpaired) electrons. The van der Waals surface area contributed by atoms with Gasteiger partial charge in [0.15, 0.2) is 0 Å². The first kappa shape index (κ1) is 10.7. The standard InChI is InChI=1S/C9H15N3O2/c1-5-7(6(2)12-11-5)10-8(13)9(3,4)14/h14H,1-4H3,(H,10,13)(H,11,12). The minimum absolute atomic E-state index is 0.440. The number of carbonyl (C=O) groups is 1. The summed E-state index contributed by atoms with van der Waals surface area (Å²) in [7, 11) is 0. The minimum Gasteiger partial charge on any atom is -0.381 e. The zero-order valence-electron chi connectivity index (χ0n) is 8.80. The Labute approximate surface area is 82.5 Å². The molecule has 1 aromatic rings. The van der Waals surface area contributed by atoms with Crippen LogP contribution in [0, 0.1) is 13.8 Å². The third kappa shape index (κ3) is 2.11. The molecule has 1 aromatic heterocycles. The Bertz CT molecular complexity index is 330. The summed E-state index contributed by atoms with van der Waals surface area (Å²) < 4.78 is 0. The van der Waals surface area contributed by atoms with Crippen LogP contribution < -0.4 is 5.32 Å². The second kappa shape index (κ2) is 3.42. The van der Waals surface area contributed by atoms with Gasteiger partial charge >= 0.3 is 0 Å². The monoisotopic (exact) mass is 197 g/mol. The third-order valence-electron chi connectivity index (χ3n) is 1.92. The van der Waals surface area contributed by atoms with Gasteiger partial charge in [0, 0.05) is 0 Å². The van der Waals surface area contributed by atoms with Crippen LogP contribution in [0.4, 0.5) is 5.69 Å². The second-order valence-corrected chi connectivity index (χ2v) is 3.82. The molecule has 0 aliphatic rings. The first-order valence-corrected chi connectivity index (χ1v) is 4.37. The third-order valence-corrected chi connectivity index (χ3v) is 1.92. The largest absolute Gasteiger partial charge is 0.381 e. The Morgan fingerprint density at radius 1 is 1.50 bits per heavy atom. The summed E-state index contributed by atoms with van der Waals surface area (Å²) in [5.41, 5.74) is 0.744. The first-order chi connectivity index (χ1) is 6.32. The van der Waals surface area contributed by atoms with Crippen molar-refractivity contribution in [2.45, 2.75) is 33.3 Å². The molecule has 0 saturated carbocycles. The van der Waals surface area contributed by atoms with Gasteiger partial charge in [0.2, 0.25) is 0 Å². The fourth-order valence-electron chi connectivity index (χ4n) is 1.00. The summed E-state index contributed by atoms with van der Waals surface area (Å²) in [6, 6.07) is 0. The molecule has 1 heterocycles. The van der Waals surface area contributed by atoms with Crippen molar-refractivity contribution in [3.8, 4) is 0 Å². The zero-order valence-corrected chi connectivity index (χ0v) is 8.80. The van der Waals surface area contributed by atoms with Crippen molar-refractivity contribution in [2.24, 2.45) is 0 Å². The second-order valence-electron chi connectivity index (χ2n) is 3.82. The van der Waals surface area contributed by atoms with Crippen LogP contribution in [0.5, 0.6) is 0 Å². The van der Waals surface area contributed by atoms with Crippen LogP contribution in [0.2, 0.25) is 0 Å². The average molecular weight is 197 g/mol. The Hall–Kier alpha value is -1.36. The predicted molar refractivity (Wildman–Crippen MR) is 53.0 cm³/mol. The predicted octanol–water partition coefficient (Wildman–Crippen LogP) is 0.736. The SMILES string of the molecule is Cc1n[nH]c(C)c1NC(=O)C(C)(C)O. The number of nitrogens with zero attached hydrogens (tertiary/aromatic N) is 1. The number of amides is 1. The van der Waals surface area contributed by atoms with Gasteiger partial charge in [-0.1, -0.05) is 0 Å². The van der Waals surface area contributed by atoms with E-state index in [9.17, 15) is 9.90 Å². The van der Waals surface area contributed by atoms with Crippen LogP contribution in [0.1, 0.15) is 25.2 Å². The normalized spacial score (nSPS) is 11.5. The molecule has 14 heavy (non-hydrogen) atoms. The van der Waals surface area contributed by atoms with E-state index < -0.39 is 11.5 Å². The number of aliphatic hydroxyl groups is 1. The van der Waals surface area contributed by atoms with Crippen LogP contribution >= 0.6 is 0 Å². The van der Waals surface area contributed by atoms with E-state index in [0.717, 1.165) is 5.69 Å². The lowest BCUT2D eigenvalue weighted by atomic mass is 10.1. The summed E-state index contributed by atoms with van der Waals surface area (Å²) in [6.07, 6.45) is 0. The van der Waals surface area contributed by atoms with E-state index >= 15 is 0 Å². The van der Waals surface area contributed by atoms with Crippen molar-refractivity contribution in [2.75, 3.05) is 5.32 Å². The van der Waals surface area contributed by atoms with E-state index in [0.29, 0.717) is 11.4 Å². The highest BCUT2D eigenvalue weighted by Gasteiger charge is 2.25. The lowest BCUT2D eigenvalue weighted by molar-refractivity contribution is -0.130. The highest BCUT2D eigenvalue weighted by atomic mass is 16.3. The summed E-state index contributed by atoms with van der Waals surface area (Å²) in [5, 5.41) is 18.7. The molecule has 78 valence electrons. The van der Waals surface area contributed by atoms with Crippen molar-refractivity contribution >= 4 is 11.6 Å². The Morgan fingerprint density at radius 3 is 2.43 bits per heavy atom. The number of hydrogen-bond donors (Lipinski definition) is 3. The number of hydrogen-bond acceptors (Lipinski definition) is 3. The lowest BCUT2D eigenvalue weighted by Gasteiger charge is -2.16. The molecule has 0 bridgehead atoms.